The molecule has 0 radical (unpaired) electrons. The minimum atomic E-state index is 0.665. The summed E-state index contributed by atoms with van der Waals surface area (Å²) in [4.78, 5) is 0. The molecule has 1 unspecified atom stereocenters. The van der Waals surface area contributed by atoms with Crippen molar-refractivity contribution in [1.29, 1.82) is 0 Å². The van der Waals surface area contributed by atoms with Crippen LogP contribution in [-0.4, -0.2) is 6.16 Å². The summed E-state index contributed by atoms with van der Waals surface area (Å²) >= 11 is 0. The highest BCUT2D eigenvalue weighted by Crippen LogP contribution is 2.16. The fourth-order valence-electron chi connectivity index (χ4n) is 1.03. The first-order valence-corrected chi connectivity index (χ1v) is 5.93. The molecule has 72 valence electrons. The second kappa shape index (κ2) is 7.06. The second-order valence-electron chi connectivity index (χ2n) is 3.02. The lowest BCUT2D eigenvalue weighted by Gasteiger charge is -2.02. The van der Waals surface area contributed by atoms with Gasteiger partial charge in [0.1, 0.15) is 0 Å². The van der Waals surface area contributed by atoms with Crippen LogP contribution in [0.2, 0.25) is 0 Å². The molecule has 0 saturated carbocycles. The maximum absolute atomic E-state index is 5.55. The molecule has 1 aromatic carbocycles. The number of hydrogen-bond acceptors (Lipinski definition) is 1. The molecule has 0 aromatic heterocycles. The zero-order chi connectivity index (χ0) is 9.36. The first kappa shape index (κ1) is 10.7. The fourth-order valence-corrected chi connectivity index (χ4v) is 1.94. The van der Waals surface area contributed by atoms with Crippen molar-refractivity contribution in [2.75, 3.05) is 6.16 Å². The van der Waals surface area contributed by atoms with Crippen LogP contribution in [0.1, 0.15) is 25.3 Å². The van der Waals surface area contributed by atoms with E-state index in [1.165, 1.54) is 24.6 Å². The predicted octanol–water partition coefficient (Wildman–Crippen LogP) is 3.60. The van der Waals surface area contributed by atoms with Crippen molar-refractivity contribution >= 4 is 8.81 Å². The van der Waals surface area contributed by atoms with Crippen LogP contribution in [0.25, 0.3) is 0 Å². The average Bonchev–Trinajstić information content (AvgIpc) is 2.19. The van der Waals surface area contributed by atoms with Gasteiger partial charge in [-0.15, -0.1) is 0 Å². The lowest BCUT2D eigenvalue weighted by molar-refractivity contribution is 0.351. The second-order valence-corrected chi connectivity index (χ2v) is 4.10. The molecule has 1 aromatic rings. The normalized spacial score (nSPS) is 11.2. The molecule has 1 nitrogen and oxygen atoms in total. The number of unbranched alkanes of at least 4 members (excludes halogenated alkanes) is 1. The van der Waals surface area contributed by atoms with Gasteiger partial charge in [0.2, 0.25) is 0 Å². The Bertz CT molecular complexity index is 211. The SMILES string of the molecule is CCCCPOCc1ccccc1. The Morgan fingerprint density at radius 3 is 2.69 bits per heavy atom. The summed E-state index contributed by atoms with van der Waals surface area (Å²) in [5.74, 6) is 0. The zero-order valence-electron chi connectivity index (χ0n) is 8.12. The highest BCUT2D eigenvalue weighted by atomic mass is 31.1. The third kappa shape index (κ3) is 5.02. The Hall–Kier alpha value is -0.390. The maximum atomic E-state index is 5.55. The third-order valence-corrected chi connectivity index (χ3v) is 2.72. The van der Waals surface area contributed by atoms with Crippen LogP contribution in [0.3, 0.4) is 0 Å². The van der Waals surface area contributed by atoms with Crippen LogP contribution in [0.4, 0.5) is 0 Å². The van der Waals surface area contributed by atoms with Gasteiger partial charge in [0.15, 0.2) is 0 Å². The summed E-state index contributed by atoms with van der Waals surface area (Å²) < 4.78 is 5.55. The highest BCUT2D eigenvalue weighted by Gasteiger charge is 1.91. The van der Waals surface area contributed by atoms with E-state index in [2.05, 4.69) is 19.1 Å². The van der Waals surface area contributed by atoms with E-state index in [0.29, 0.717) is 8.81 Å². The molecule has 1 atom stereocenters. The molecule has 0 aliphatic heterocycles. The quantitative estimate of drug-likeness (QED) is 0.499. The Morgan fingerprint density at radius 1 is 1.23 bits per heavy atom. The Balaban J connectivity index is 2.07. The van der Waals surface area contributed by atoms with Gasteiger partial charge in [0, 0.05) is 8.81 Å². The van der Waals surface area contributed by atoms with Crippen LogP contribution in [0, 0.1) is 0 Å². The van der Waals surface area contributed by atoms with Crippen LogP contribution in [-0.2, 0) is 11.1 Å². The van der Waals surface area contributed by atoms with E-state index in [-0.39, 0.29) is 0 Å². The maximum Gasteiger partial charge on any atom is 0.0756 e. The van der Waals surface area contributed by atoms with Crippen LogP contribution >= 0.6 is 8.81 Å². The summed E-state index contributed by atoms with van der Waals surface area (Å²) in [6.45, 7) is 2.98. The first-order chi connectivity index (χ1) is 6.43. The van der Waals surface area contributed by atoms with E-state index in [9.17, 15) is 0 Å². The molecule has 0 aliphatic carbocycles. The number of rotatable bonds is 6. The van der Waals surface area contributed by atoms with Gasteiger partial charge in [0.05, 0.1) is 6.61 Å². The minimum absolute atomic E-state index is 0.665. The summed E-state index contributed by atoms with van der Waals surface area (Å²) in [7, 11) is 0.665. The largest absolute Gasteiger partial charge is 0.358 e. The Kier molecular flexibility index (Phi) is 5.80. The molecule has 1 rings (SSSR count). The zero-order valence-corrected chi connectivity index (χ0v) is 9.12. The van der Waals surface area contributed by atoms with E-state index in [1.807, 2.05) is 18.2 Å². The molecule has 0 fully saturated rings. The van der Waals surface area contributed by atoms with Crippen LogP contribution < -0.4 is 0 Å². The molecule has 13 heavy (non-hydrogen) atoms. The predicted molar refractivity (Wildman–Crippen MR) is 59.3 cm³/mol. The van der Waals surface area contributed by atoms with Crippen molar-refractivity contribution < 1.29 is 4.52 Å². The van der Waals surface area contributed by atoms with Gasteiger partial charge in [-0.3, -0.25) is 0 Å². The Morgan fingerprint density at radius 2 is 2.00 bits per heavy atom. The van der Waals surface area contributed by atoms with Crippen LogP contribution in [0.15, 0.2) is 30.3 Å². The molecule has 0 heterocycles. The third-order valence-electron chi connectivity index (χ3n) is 1.82. The number of benzene rings is 1. The van der Waals surface area contributed by atoms with Gasteiger partial charge in [0.25, 0.3) is 0 Å². The van der Waals surface area contributed by atoms with Gasteiger partial charge in [-0.2, -0.15) is 0 Å². The average molecular weight is 196 g/mol. The molecule has 0 saturated heterocycles. The van der Waals surface area contributed by atoms with Crippen molar-refractivity contribution in [1.82, 2.24) is 0 Å². The summed E-state index contributed by atoms with van der Waals surface area (Å²) in [5, 5.41) is 0. The van der Waals surface area contributed by atoms with E-state index in [4.69, 9.17) is 4.52 Å². The van der Waals surface area contributed by atoms with Gasteiger partial charge in [-0.05, 0) is 18.1 Å². The van der Waals surface area contributed by atoms with Gasteiger partial charge in [-0.25, -0.2) is 0 Å². The molecule has 2 heteroatoms. The molecule has 0 aliphatic rings. The van der Waals surface area contributed by atoms with Gasteiger partial charge >= 0.3 is 0 Å². The van der Waals surface area contributed by atoms with Crippen molar-refractivity contribution in [3.63, 3.8) is 0 Å². The fraction of sp³-hybridized carbons (Fsp3) is 0.455. The van der Waals surface area contributed by atoms with Crippen molar-refractivity contribution in [3.8, 4) is 0 Å². The topological polar surface area (TPSA) is 9.23 Å². The molecule has 0 bridgehead atoms. The first-order valence-electron chi connectivity index (χ1n) is 4.82. The summed E-state index contributed by atoms with van der Waals surface area (Å²) in [6.07, 6.45) is 3.76. The van der Waals surface area contributed by atoms with E-state index in [1.54, 1.807) is 0 Å². The van der Waals surface area contributed by atoms with Crippen molar-refractivity contribution in [2.24, 2.45) is 0 Å². The van der Waals surface area contributed by atoms with E-state index < -0.39 is 0 Å². The summed E-state index contributed by atoms with van der Waals surface area (Å²) in [5.41, 5.74) is 1.27. The minimum Gasteiger partial charge on any atom is -0.358 e. The highest BCUT2D eigenvalue weighted by molar-refractivity contribution is 7.32. The van der Waals surface area contributed by atoms with E-state index in [0.717, 1.165) is 6.61 Å². The van der Waals surface area contributed by atoms with E-state index >= 15 is 0 Å². The molecular formula is C11H17OP. The van der Waals surface area contributed by atoms with Crippen LogP contribution in [0.5, 0.6) is 0 Å². The lowest BCUT2D eigenvalue weighted by Crippen LogP contribution is -1.84. The Labute approximate surface area is 82.4 Å². The molecule has 0 N–H and O–H groups in total. The standard InChI is InChI=1S/C11H17OP/c1-2-3-9-13-12-10-11-7-5-4-6-8-11/h4-8,13H,2-3,9-10H2,1H3. The monoisotopic (exact) mass is 196 g/mol. The molecule has 0 amide bonds. The van der Waals surface area contributed by atoms with Gasteiger partial charge < -0.3 is 4.52 Å². The van der Waals surface area contributed by atoms with Crippen molar-refractivity contribution in [2.45, 2.75) is 26.4 Å². The molecule has 0 spiro atoms. The van der Waals surface area contributed by atoms with Crippen molar-refractivity contribution in [3.05, 3.63) is 35.9 Å². The van der Waals surface area contributed by atoms with Gasteiger partial charge in [-0.1, -0.05) is 43.7 Å². The summed E-state index contributed by atoms with van der Waals surface area (Å²) in [6, 6.07) is 10.3. The molecular weight excluding hydrogens is 179 g/mol. The number of hydrogen-bond donors (Lipinski definition) is 0. The lowest BCUT2D eigenvalue weighted by atomic mass is 10.2. The smallest absolute Gasteiger partial charge is 0.0756 e.